The van der Waals surface area contributed by atoms with Crippen molar-refractivity contribution in [2.24, 2.45) is 5.92 Å². The highest BCUT2D eigenvalue weighted by molar-refractivity contribution is 6.03. The largest absolute Gasteiger partial charge is 0.494 e. The van der Waals surface area contributed by atoms with Crippen LogP contribution >= 0.6 is 0 Å². The lowest BCUT2D eigenvalue weighted by atomic mass is 10.1. The predicted molar refractivity (Wildman–Crippen MR) is 163 cm³/mol. The van der Waals surface area contributed by atoms with Crippen molar-refractivity contribution in [2.75, 3.05) is 48.5 Å². The Hall–Kier alpha value is -5.00. The Morgan fingerprint density at radius 3 is 2.34 bits per heavy atom. The number of nitrogens with zero attached hydrogens (tertiary/aromatic N) is 5. The summed E-state index contributed by atoms with van der Waals surface area (Å²) in [6.45, 7) is 3.39. The molecule has 1 saturated heterocycles. The molecule has 1 aliphatic heterocycles. The van der Waals surface area contributed by atoms with Crippen molar-refractivity contribution >= 4 is 34.2 Å². The van der Waals surface area contributed by atoms with Gasteiger partial charge in [-0.2, -0.15) is 0 Å². The quantitative estimate of drug-likeness (QED) is 0.330. The van der Waals surface area contributed by atoms with E-state index in [1.165, 1.54) is 53.1 Å². The van der Waals surface area contributed by atoms with Gasteiger partial charge in [-0.1, -0.05) is 12.1 Å². The molecule has 1 N–H and O–H groups in total. The highest BCUT2D eigenvalue weighted by atomic mass is 19.1. The average molecular weight is 603 g/mol. The van der Waals surface area contributed by atoms with E-state index < -0.39 is 23.7 Å². The normalized spacial score (nSPS) is 15.6. The number of para-hydroxylation sites is 1. The number of carbonyl (C=O) groups is 2. The molecular formula is C32H32F2N6O4. The number of piperazine rings is 1. The molecular weight excluding hydrogens is 570 g/mol. The number of ether oxygens (including phenoxy) is 1. The van der Waals surface area contributed by atoms with Crippen molar-refractivity contribution in [2.45, 2.75) is 25.8 Å². The maximum Gasteiger partial charge on any atom is 0.327 e. The van der Waals surface area contributed by atoms with E-state index in [0.29, 0.717) is 42.8 Å². The fourth-order valence-electron chi connectivity index (χ4n) is 5.57. The van der Waals surface area contributed by atoms with Gasteiger partial charge >= 0.3 is 6.03 Å². The summed E-state index contributed by atoms with van der Waals surface area (Å²) in [6.07, 6.45) is 1.83. The first-order chi connectivity index (χ1) is 21.2. The minimum Gasteiger partial charge on any atom is -0.494 e. The monoisotopic (exact) mass is 602 g/mol. The molecule has 1 aliphatic carbocycles. The van der Waals surface area contributed by atoms with Crippen molar-refractivity contribution < 1.29 is 23.1 Å². The summed E-state index contributed by atoms with van der Waals surface area (Å²) in [5.41, 5.74) is 0.692. The highest BCUT2D eigenvalue weighted by Gasteiger charge is 2.36. The topological polar surface area (TPSA) is 100 Å². The minimum atomic E-state index is -0.891. The lowest BCUT2D eigenvalue weighted by Crippen LogP contribution is -2.57. The molecule has 0 spiro atoms. The molecule has 228 valence electrons. The zero-order chi connectivity index (χ0) is 31.0. The Morgan fingerprint density at radius 2 is 1.66 bits per heavy atom. The zero-order valence-corrected chi connectivity index (χ0v) is 24.4. The molecule has 6 rings (SSSR count). The van der Waals surface area contributed by atoms with Crippen LogP contribution < -0.4 is 25.5 Å². The number of hydrogen-bond donors (Lipinski definition) is 1. The Labute approximate surface area is 252 Å². The molecule has 0 radical (unpaired) electrons. The molecule has 1 unspecified atom stereocenters. The SMILES string of the molecule is COc1cc(F)ccc1N(C(=O)Nc1ccc(F)cc1)C(C)c1nc2ccccc2c(=O)n1N1CCN(C(=O)C2CC2)CC1. The van der Waals surface area contributed by atoms with Crippen molar-refractivity contribution in [3.63, 3.8) is 0 Å². The van der Waals surface area contributed by atoms with Crippen LogP contribution in [0.15, 0.2) is 71.5 Å². The molecule has 2 aliphatic rings. The number of halogens is 2. The molecule has 44 heavy (non-hydrogen) atoms. The van der Waals surface area contributed by atoms with Gasteiger partial charge in [0, 0.05) is 30.8 Å². The number of anilines is 2. The van der Waals surface area contributed by atoms with E-state index in [4.69, 9.17) is 9.72 Å². The molecule has 2 heterocycles. The van der Waals surface area contributed by atoms with Crippen LogP contribution in [0.4, 0.5) is 25.0 Å². The molecule has 3 amide bonds. The highest BCUT2D eigenvalue weighted by Crippen LogP contribution is 2.36. The van der Waals surface area contributed by atoms with Gasteiger partial charge in [0.05, 0.1) is 42.8 Å². The lowest BCUT2D eigenvalue weighted by molar-refractivity contribution is -0.133. The number of benzene rings is 3. The Balaban J connectivity index is 1.44. The van der Waals surface area contributed by atoms with Crippen molar-refractivity contribution in [3.8, 4) is 5.75 Å². The number of aromatic nitrogens is 2. The summed E-state index contributed by atoms with van der Waals surface area (Å²) in [6, 6.07) is 14.5. The van der Waals surface area contributed by atoms with E-state index in [2.05, 4.69) is 5.32 Å². The van der Waals surface area contributed by atoms with E-state index >= 15 is 0 Å². The van der Waals surface area contributed by atoms with Crippen molar-refractivity contribution in [3.05, 3.63) is 94.5 Å². The molecule has 12 heteroatoms. The second-order valence-electron chi connectivity index (χ2n) is 11.0. The lowest BCUT2D eigenvalue weighted by Gasteiger charge is -2.39. The van der Waals surface area contributed by atoms with E-state index in [1.807, 2.05) is 9.91 Å². The van der Waals surface area contributed by atoms with Crippen LogP contribution in [0.25, 0.3) is 10.9 Å². The van der Waals surface area contributed by atoms with Gasteiger partial charge in [-0.15, -0.1) is 0 Å². The molecule has 1 saturated carbocycles. The van der Waals surface area contributed by atoms with Crippen molar-refractivity contribution in [1.82, 2.24) is 14.6 Å². The number of hydrogen-bond acceptors (Lipinski definition) is 6. The van der Waals surface area contributed by atoms with Gasteiger partial charge in [0.1, 0.15) is 17.4 Å². The fraction of sp³-hybridized carbons (Fsp3) is 0.312. The smallest absolute Gasteiger partial charge is 0.327 e. The van der Waals surface area contributed by atoms with E-state index in [-0.39, 0.29) is 34.6 Å². The molecule has 3 aromatic carbocycles. The number of nitrogens with one attached hydrogen (secondary N) is 1. The first-order valence-electron chi connectivity index (χ1n) is 14.5. The van der Waals surface area contributed by atoms with Crippen LogP contribution in [0.1, 0.15) is 31.6 Å². The average Bonchev–Trinajstić information content (AvgIpc) is 3.88. The third kappa shape index (κ3) is 5.67. The van der Waals surface area contributed by atoms with E-state index in [0.717, 1.165) is 18.9 Å². The summed E-state index contributed by atoms with van der Waals surface area (Å²) in [4.78, 5) is 48.8. The van der Waals surface area contributed by atoms with Gasteiger partial charge in [0.25, 0.3) is 5.56 Å². The summed E-state index contributed by atoms with van der Waals surface area (Å²) < 4.78 is 34.8. The second-order valence-corrected chi connectivity index (χ2v) is 11.0. The van der Waals surface area contributed by atoms with Crippen molar-refractivity contribution in [1.29, 1.82) is 0 Å². The first kappa shape index (κ1) is 29.1. The fourth-order valence-corrected chi connectivity index (χ4v) is 5.57. The number of rotatable bonds is 7. The van der Waals surface area contributed by atoms with E-state index in [9.17, 15) is 23.2 Å². The molecule has 4 aromatic rings. The van der Waals surface area contributed by atoms with Gasteiger partial charge in [-0.05, 0) is 68.3 Å². The molecule has 1 atom stereocenters. The predicted octanol–water partition coefficient (Wildman–Crippen LogP) is 4.67. The standard InChI is InChI=1S/C32H32F2N6O4/c1-20(39(27-14-11-23(34)19-28(27)44-2)32(43)35-24-12-9-22(33)10-13-24)29-36-26-6-4-3-5-25(26)31(42)40(29)38-17-15-37(16-18-38)30(41)21-7-8-21/h3-6,9-14,19-21H,7-8,15-18H2,1-2H3,(H,35,43). The number of urea groups is 1. The molecule has 0 bridgehead atoms. The summed E-state index contributed by atoms with van der Waals surface area (Å²) in [5.74, 6) is -0.423. The third-order valence-electron chi connectivity index (χ3n) is 8.03. The van der Waals surface area contributed by atoms with Crippen LogP contribution in [0.5, 0.6) is 5.75 Å². The first-order valence-corrected chi connectivity index (χ1v) is 14.5. The van der Waals surface area contributed by atoms with Gasteiger partial charge in [-0.3, -0.25) is 14.5 Å². The summed E-state index contributed by atoms with van der Waals surface area (Å²) >= 11 is 0. The third-order valence-corrected chi connectivity index (χ3v) is 8.03. The van der Waals surface area contributed by atoms with Crippen LogP contribution in [-0.2, 0) is 4.79 Å². The van der Waals surface area contributed by atoms with Gasteiger partial charge in [0.2, 0.25) is 5.91 Å². The molecule has 2 fully saturated rings. The maximum atomic E-state index is 14.3. The summed E-state index contributed by atoms with van der Waals surface area (Å²) in [7, 11) is 1.37. The molecule has 1 aromatic heterocycles. The van der Waals surface area contributed by atoms with Crippen LogP contribution in [0.3, 0.4) is 0 Å². The van der Waals surface area contributed by atoms with Gasteiger partial charge in [0.15, 0.2) is 5.82 Å². The summed E-state index contributed by atoms with van der Waals surface area (Å²) in [5, 5.41) is 5.02. The minimum absolute atomic E-state index is 0.0907. The molecule has 10 nitrogen and oxygen atoms in total. The number of methoxy groups -OCH3 is 1. The Kier molecular flexibility index (Phi) is 7.90. The number of carbonyl (C=O) groups excluding carboxylic acids is 2. The number of fused-ring (bicyclic) bond motifs is 1. The Bertz CT molecular complexity index is 1770. The number of amides is 3. The van der Waals surface area contributed by atoms with Crippen LogP contribution in [0, 0.1) is 17.6 Å². The second kappa shape index (κ2) is 11.9. The van der Waals surface area contributed by atoms with Crippen LogP contribution in [-0.4, -0.2) is 59.8 Å². The zero-order valence-electron chi connectivity index (χ0n) is 24.4. The van der Waals surface area contributed by atoms with E-state index in [1.54, 1.807) is 31.2 Å². The maximum absolute atomic E-state index is 14.3. The Morgan fingerprint density at radius 1 is 0.977 bits per heavy atom. The van der Waals surface area contributed by atoms with Gasteiger partial charge < -0.3 is 20.0 Å². The van der Waals surface area contributed by atoms with Crippen LogP contribution in [0.2, 0.25) is 0 Å². The van der Waals surface area contributed by atoms with Gasteiger partial charge in [-0.25, -0.2) is 23.2 Å².